The third kappa shape index (κ3) is 3.46. The Morgan fingerprint density at radius 3 is 2.43 bits per heavy atom. The molecule has 0 unspecified atom stereocenters. The number of hydrogen-bond acceptors (Lipinski definition) is 2. The minimum atomic E-state index is 0. The van der Waals surface area contributed by atoms with Crippen LogP contribution >= 0.6 is 36.4 Å². The maximum absolute atomic E-state index is 6.03. The van der Waals surface area contributed by atoms with Crippen LogP contribution in [0.4, 0.5) is 5.69 Å². The van der Waals surface area contributed by atoms with Crippen molar-refractivity contribution in [1.29, 1.82) is 0 Å². The highest BCUT2D eigenvalue weighted by Gasteiger charge is 2.34. The fourth-order valence-corrected chi connectivity index (χ4v) is 3.86. The molecule has 2 aliphatic heterocycles. The second kappa shape index (κ2) is 7.76. The predicted molar refractivity (Wildman–Crippen MR) is 104 cm³/mol. The Hall–Kier alpha value is -0.930. The highest BCUT2D eigenvalue weighted by atomic mass is 35.5. The van der Waals surface area contributed by atoms with Crippen molar-refractivity contribution in [2.75, 3.05) is 18.4 Å². The van der Waals surface area contributed by atoms with Gasteiger partial charge in [0.15, 0.2) is 0 Å². The third-order valence-electron chi connectivity index (χ3n) is 4.72. The SMILES string of the molecule is Cl.Cl.Clc1ccc(-c2cccc3c2[C@@H]2CCNCC[C@@H]2N3)cc1. The van der Waals surface area contributed by atoms with Crippen molar-refractivity contribution < 1.29 is 0 Å². The quantitative estimate of drug-likeness (QED) is 0.727. The molecule has 23 heavy (non-hydrogen) atoms. The summed E-state index contributed by atoms with van der Waals surface area (Å²) in [6.07, 6.45) is 2.40. The van der Waals surface area contributed by atoms with Crippen LogP contribution in [0.5, 0.6) is 0 Å². The maximum Gasteiger partial charge on any atom is 0.0406 e. The largest absolute Gasteiger partial charge is 0.381 e. The van der Waals surface area contributed by atoms with Crippen molar-refractivity contribution in [2.24, 2.45) is 0 Å². The summed E-state index contributed by atoms with van der Waals surface area (Å²) in [6.45, 7) is 2.22. The Morgan fingerprint density at radius 1 is 0.913 bits per heavy atom. The molecule has 0 spiro atoms. The van der Waals surface area contributed by atoms with Crippen LogP contribution in [0.3, 0.4) is 0 Å². The van der Waals surface area contributed by atoms with Crippen LogP contribution in [-0.2, 0) is 0 Å². The summed E-state index contributed by atoms with van der Waals surface area (Å²) in [5.74, 6) is 0.613. The average Bonchev–Trinajstić information content (AvgIpc) is 2.70. The minimum Gasteiger partial charge on any atom is -0.381 e. The van der Waals surface area contributed by atoms with Crippen LogP contribution in [0.2, 0.25) is 5.02 Å². The molecule has 0 aromatic heterocycles. The van der Waals surface area contributed by atoms with Gasteiger partial charge in [0.25, 0.3) is 0 Å². The number of fused-ring (bicyclic) bond motifs is 3. The molecule has 2 N–H and O–H groups in total. The van der Waals surface area contributed by atoms with Crippen molar-refractivity contribution in [3.8, 4) is 11.1 Å². The van der Waals surface area contributed by atoms with E-state index in [0.29, 0.717) is 12.0 Å². The molecule has 0 saturated carbocycles. The molecule has 2 aromatic rings. The molecular weight excluding hydrogens is 351 g/mol. The van der Waals surface area contributed by atoms with E-state index in [1.165, 1.54) is 35.2 Å². The van der Waals surface area contributed by atoms with E-state index in [4.69, 9.17) is 11.6 Å². The van der Waals surface area contributed by atoms with E-state index >= 15 is 0 Å². The van der Waals surface area contributed by atoms with E-state index in [9.17, 15) is 0 Å². The van der Waals surface area contributed by atoms with E-state index in [1.54, 1.807) is 0 Å². The van der Waals surface area contributed by atoms with E-state index < -0.39 is 0 Å². The number of hydrogen-bond donors (Lipinski definition) is 2. The zero-order valence-electron chi connectivity index (χ0n) is 12.7. The average molecular weight is 372 g/mol. The van der Waals surface area contributed by atoms with Gasteiger partial charge in [-0.1, -0.05) is 35.9 Å². The van der Waals surface area contributed by atoms with Crippen molar-refractivity contribution in [2.45, 2.75) is 24.8 Å². The highest BCUT2D eigenvalue weighted by molar-refractivity contribution is 6.30. The third-order valence-corrected chi connectivity index (χ3v) is 4.97. The second-order valence-electron chi connectivity index (χ2n) is 5.96. The lowest BCUT2D eigenvalue weighted by atomic mass is 9.86. The van der Waals surface area contributed by atoms with Crippen LogP contribution in [0.25, 0.3) is 11.1 Å². The molecule has 2 nitrogen and oxygen atoms in total. The van der Waals surface area contributed by atoms with Crippen LogP contribution in [-0.4, -0.2) is 19.1 Å². The monoisotopic (exact) mass is 370 g/mol. The minimum absolute atomic E-state index is 0. The molecule has 0 bridgehead atoms. The Labute approximate surface area is 154 Å². The Balaban J connectivity index is 0.000000960. The van der Waals surface area contributed by atoms with Gasteiger partial charge in [-0.25, -0.2) is 0 Å². The first-order valence-electron chi connectivity index (χ1n) is 7.69. The van der Waals surface area contributed by atoms with Gasteiger partial charge in [0, 0.05) is 22.7 Å². The molecular formula is C18H21Cl3N2. The summed E-state index contributed by atoms with van der Waals surface area (Å²) in [6, 6.07) is 15.4. The topological polar surface area (TPSA) is 24.1 Å². The van der Waals surface area contributed by atoms with E-state index in [1.807, 2.05) is 12.1 Å². The lowest BCUT2D eigenvalue weighted by Gasteiger charge is -2.18. The van der Waals surface area contributed by atoms with Gasteiger partial charge in [-0.3, -0.25) is 0 Å². The molecule has 2 aliphatic rings. The van der Waals surface area contributed by atoms with Crippen LogP contribution in [0.1, 0.15) is 24.3 Å². The number of anilines is 1. The van der Waals surface area contributed by atoms with Crippen molar-refractivity contribution in [3.63, 3.8) is 0 Å². The molecule has 0 aliphatic carbocycles. The van der Waals surface area contributed by atoms with Crippen molar-refractivity contribution in [3.05, 3.63) is 53.1 Å². The normalized spacial score (nSPS) is 21.8. The summed E-state index contributed by atoms with van der Waals surface area (Å²) < 4.78 is 0. The first-order chi connectivity index (χ1) is 10.3. The first-order valence-corrected chi connectivity index (χ1v) is 8.07. The van der Waals surface area contributed by atoms with Crippen molar-refractivity contribution >= 4 is 42.1 Å². The summed E-state index contributed by atoms with van der Waals surface area (Å²) in [5, 5.41) is 8.04. The molecule has 5 heteroatoms. The van der Waals surface area contributed by atoms with Gasteiger partial charge in [0.1, 0.15) is 0 Å². The number of nitrogens with one attached hydrogen (secondary N) is 2. The molecule has 1 saturated heterocycles. The molecule has 2 atom stereocenters. The summed E-state index contributed by atoms with van der Waals surface area (Å²) >= 11 is 6.03. The van der Waals surface area contributed by atoms with Gasteiger partial charge >= 0.3 is 0 Å². The van der Waals surface area contributed by atoms with Crippen LogP contribution in [0, 0.1) is 0 Å². The fourth-order valence-electron chi connectivity index (χ4n) is 3.73. The lowest BCUT2D eigenvalue weighted by Crippen LogP contribution is -2.21. The number of rotatable bonds is 1. The molecule has 0 radical (unpaired) electrons. The summed E-state index contributed by atoms with van der Waals surface area (Å²) in [7, 11) is 0. The number of benzene rings is 2. The van der Waals surface area contributed by atoms with E-state index in [-0.39, 0.29) is 24.8 Å². The smallest absolute Gasteiger partial charge is 0.0406 e. The van der Waals surface area contributed by atoms with E-state index in [2.05, 4.69) is 41.0 Å². The van der Waals surface area contributed by atoms with E-state index in [0.717, 1.165) is 18.1 Å². The standard InChI is InChI=1S/C18H19ClN2.2ClH/c19-13-6-4-12(5-7-13)14-2-1-3-17-18(14)15-8-10-20-11-9-16(15)21-17;;/h1-7,15-16,20-21H,8-11H2;2*1H/t15-,16+;;/m1../s1. The van der Waals surface area contributed by atoms with Gasteiger partial charge in [-0.15, -0.1) is 24.8 Å². The zero-order valence-corrected chi connectivity index (χ0v) is 15.1. The molecule has 0 amide bonds. The van der Waals surface area contributed by atoms with Crippen LogP contribution in [0.15, 0.2) is 42.5 Å². The molecule has 1 fully saturated rings. The van der Waals surface area contributed by atoms with Crippen LogP contribution < -0.4 is 10.6 Å². The first kappa shape index (κ1) is 18.4. The Kier molecular flexibility index (Phi) is 6.21. The van der Waals surface area contributed by atoms with Gasteiger partial charge in [0.2, 0.25) is 0 Å². The summed E-state index contributed by atoms with van der Waals surface area (Å²) in [5.41, 5.74) is 5.43. The predicted octanol–water partition coefficient (Wildman–Crippen LogP) is 5.11. The zero-order chi connectivity index (χ0) is 14.2. The number of halogens is 3. The highest BCUT2D eigenvalue weighted by Crippen LogP contribution is 2.45. The molecule has 2 aromatic carbocycles. The Bertz CT molecular complexity index is 658. The van der Waals surface area contributed by atoms with Gasteiger partial charge in [-0.2, -0.15) is 0 Å². The fraction of sp³-hybridized carbons (Fsp3) is 0.333. The Morgan fingerprint density at radius 2 is 1.65 bits per heavy atom. The van der Waals surface area contributed by atoms with Crippen molar-refractivity contribution in [1.82, 2.24) is 5.32 Å². The molecule has 2 heterocycles. The van der Waals surface area contributed by atoms with Gasteiger partial charge < -0.3 is 10.6 Å². The molecule has 124 valence electrons. The lowest BCUT2D eigenvalue weighted by molar-refractivity contribution is 0.579. The maximum atomic E-state index is 6.03. The molecule has 4 rings (SSSR count). The second-order valence-corrected chi connectivity index (χ2v) is 6.39. The summed E-state index contributed by atoms with van der Waals surface area (Å²) in [4.78, 5) is 0. The van der Waals surface area contributed by atoms with Gasteiger partial charge in [-0.05, 0) is 60.8 Å². The van der Waals surface area contributed by atoms with Gasteiger partial charge in [0.05, 0.1) is 0 Å².